The van der Waals surface area contributed by atoms with Gasteiger partial charge in [-0.1, -0.05) is 33.8 Å². The first-order valence-corrected chi connectivity index (χ1v) is 7.89. The lowest BCUT2D eigenvalue weighted by Gasteiger charge is -2.46. The monoisotopic (exact) mass is 275 g/mol. The average molecular weight is 275 g/mol. The number of aromatic nitrogens is 1. The van der Waals surface area contributed by atoms with Crippen molar-refractivity contribution in [1.82, 2.24) is 15.2 Å². The molecule has 0 bridgehead atoms. The van der Waals surface area contributed by atoms with Crippen molar-refractivity contribution in [3.8, 4) is 0 Å². The third kappa shape index (κ3) is 3.39. The van der Waals surface area contributed by atoms with Crippen LogP contribution in [0.4, 0.5) is 0 Å². The first-order valence-electron chi connectivity index (χ1n) is 7.89. The zero-order chi connectivity index (χ0) is 14.7. The van der Waals surface area contributed by atoms with Crippen LogP contribution in [0.1, 0.15) is 46.2 Å². The van der Waals surface area contributed by atoms with Gasteiger partial charge in [-0.3, -0.25) is 9.88 Å². The molecule has 1 aromatic rings. The summed E-state index contributed by atoms with van der Waals surface area (Å²) in [5, 5.41) is 3.73. The molecule has 3 atom stereocenters. The Bertz CT molecular complexity index is 402. The lowest BCUT2D eigenvalue weighted by molar-refractivity contribution is 0.0512. The van der Waals surface area contributed by atoms with Crippen LogP contribution in [0.5, 0.6) is 0 Å². The topological polar surface area (TPSA) is 28.2 Å². The highest BCUT2D eigenvalue weighted by Gasteiger charge is 2.34. The lowest BCUT2D eigenvalue weighted by Crippen LogP contribution is -2.60. The van der Waals surface area contributed by atoms with Gasteiger partial charge in [0.2, 0.25) is 0 Å². The van der Waals surface area contributed by atoms with Gasteiger partial charge in [0.1, 0.15) is 0 Å². The van der Waals surface area contributed by atoms with E-state index in [1.165, 1.54) is 5.56 Å². The van der Waals surface area contributed by atoms with Crippen molar-refractivity contribution in [3.05, 3.63) is 30.1 Å². The molecule has 0 spiro atoms. The first kappa shape index (κ1) is 15.5. The maximum Gasteiger partial charge on any atom is 0.0339 e. The van der Waals surface area contributed by atoms with Crippen molar-refractivity contribution in [2.24, 2.45) is 11.8 Å². The van der Waals surface area contributed by atoms with Crippen LogP contribution in [0.15, 0.2) is 24.5 Å². The molecule has 1 aliphatic rings. The second kappa shape index (κ2) is 6.68. The highest BCUT2D eigenvalue weighted by molar-refractivity contribution is 5.14. The summed E-state index contributed by atoms with van der Waals surface area (Å²) in [4.78, 5) is 6.95. The van der Waals surface area contributed by atoms with E-state index in [1.54, 1.807) is 0 Å². The number of nitrogens with one attached hydrogen (secondary N) is 1. The van der Waals surface area contributed by atoms with Crippen molar-refractivity contribution in [2.45, 2.75) is 52.7 Å². The average Bonchev–Trinajstić information content (AvgIpc) is 2.46. The van der Waals surface area contributed by atoms with Gasteiger partial charge >= 0.3 is 0 Å². The van der Waals surface area contributed by atoms with Crippen molar-refractivity contribution >= 4 is 0 Å². The molecule has 1 fully saturated rings. The zero-order valence-electron chi connectivity index (χ0n) is 13.5. The molecule has 0 aromatic carbocycles. The van der Waals surface area contributed by atoms with E-state index in [4.69, 9.17) is 0 Å². The van der Waals surface area contributed by atoms with Gasteiger partial charge in [0.05, 0.1) is 0 Å². The van der Waals surface area contributed by atoms with Gasteiger partial charge < -0.3 is 5.32 Å². The smallest absolute Gasteiger partial charge is 0.0339 e. The molecule has 0 amide bonds. The summed E-state index contributed by atoms with van der Waals surface area (Å²) in [6.45, 7) is 13.8. The number of nitrogens with zero attached hydrogens (tertiary/aromatic N) is 2. The predicted octanol–water partition coefficient (Wildman–Crippen LogP) is 3.10. The normalized spacial score (nSPS) is 26.1. The fourth-order valence-corrected chi connectivity index (χ4v) is 3.14. The van der Waals surface area contributed by atoms with Gasteiger partial charge in [-0.15, -0.1) is 0 Å². The maximum atomic E-state index is 4.28. The van der Waals surface area contributed by atoms with Crippen LogP contribution in [-0.2, 0) is 0 Å². The number of piperazine rings is 1. The Kier molecular flexibility index (Phi) is 5.17. The molecule has 2 rings (SSSR count). The van der Waals surface area contributed by atoms with E-state index >= 15 is 0 Å². The highest BCUT2D eigenvalue weighted by Crippen LogP contribution is 2.28. The van der Waals surface area contributed by atoms with Crippen molar-refractivity contribution in [1.29, 1.82) is 0 Å². The molecular formula is C17H29N3. The fourth-order valence-electron chi connectivity index (χ4n) is 3.14. The van der Waals surface area contributed by atoms with Crippen LogP contribution in [-0.4, -0.2) is 35.1 Å². The Balaban J connectivity index is 2.18. The zero-order valence-corrected chi connectivity index (χ0v) is 13.5. The van der Waals surface area contributed by atoms with Crippen LogP contribution in [0, 0.1) is 11.8 Å². The minimum absolute atomic E-state index is 0.430. The summed E-state index contributed by atoms with van der Waals surface area (Å²) in [6.07, 6.45) is 3.86. The first-order chi connectivity index (χ1) is 9.50. The maximum absolute atomic E-state index is 4.28. The van der Waals surface area contributed by atoms with E-state index in [2.05, 4.69) is 55.9 Å². The Morgan fingerprint density at radius 2 is 1.95 bits per heavy atom. The van der Waals surface area contributed by atoms with E-state index in [9.17, 15) is 0 Å². The third-order valence-corrected chi connectivity index (χ3v) is 4.66. The lowest BCUT2D eigenvalue weighted by atomic mass is 9.92. The summed E-state index contributed by atoms with van der Waals surface area (Å²) < 4.78 is 0. The van der Waals surface area contributed by atoms with Gasteiger partial charge in [0.25, 0.3) is 0 Å². The standard InChI is InChI=1S/C17H29N3/c1-12(2)16-11-20(17(10-19-16)13(3)4)14(5)15-7-6-8-18-9-15/h6-9,12-14,16-17,19H,10-11H2,1-5H3. The minimum Gasteiger partial charge on any atom is -0.311 e. The van der Waals surface area contributed by atoms with Gasteiger partial charge in [0, 0.05) is 43.6 Å². The second-order valence-electron chi connectivity index (χ2n) is 6.73. The van der Waals surface area contributed by atoms with Gasteiger partial charge in [-0.25, -0.2) is 0 Å². The molecule has 2 heterocycles. The van der Waals surface area contributed by atoms with E-state index < -0.39 is 0 Å². The molecule has 0 saturated carbocycles. The van der Waals surface area contributed by atoms with Crippen molar-refractivity contribution in [2.75, 3.05) is 13.1 Å². The van der Waals surface area contributed by atoms with E-state index in [-0.39, 0.29) is 0 Å². The number of pyridine rings is 1. The molecule has 1 N–H and O–H groups in total. The fraction of sp³-hybridized carbons (Fsp3) is 0.706. The summed E-state index contributed by atoms with van der Waals surface area (Å²) in [6, 6.07) is 5.85. The molecule has 3 nitrogen and oxygen atoms in total. The van der Waals surface area contributed by atoms with Crippen LogP contribution >= 0.6 is 0 Å². The number of hydrogen-bond acceptors (Lipinski definition) is 3. The molecule has 112 valence electrons. The van der Waals surface area contributed by atoms with E-state index in [0.29, 0.717) is 30.0 Å². The van der Waals surface area contributed by atoms with Gasteiger partial charge in [0.15, 0.2) is 0 Å². The Labute approximate surface area is 123 Å². The Morgan fingerprint density at radius 3 is 2.50 bits per heavy atom. The molecule has 1 aromatic heterocycles. The quantitative estimate of drug-likeness (QED) is 0.915. The summed E-state index contributed by atoms with van der Waals surface area (Å²) in [5.74, 6) is 1.33. The second-order valence-corrected chi connectivity index (χ2v) is 6.73. The summed E-state index contributed by atoms with van der Waals surface area (Å²) >= 11 is 0. The molecular weight excluding hydrogens is 246 g/mol. The SMILES string of the molecule is CC(C)C1CN(C(C)c2cccnc2)C(C(C)C)CN1. The largest absolute Gasteiger partial charge is 0.311 e. The molecule has 3 unspecified atom stereocenters. The van der Waals surface area contributed by atoms with Gasteiger partial charge in [-0.2, -0.15) is 0 Å². The molecule has 0 radical (unpaired) electrons. The van der Waals surface area contributed by atoms with Crippen LogP contribution in [0.2, 0.25) is 0 Å². The summed E-state index contributed by atoms with van der Waals surface area (Å²) in [5.41, 5.74) is 1.32. The molecule has 1 saturated heterocycles. The Morgan fingerprint density at radius 1 is 1.20 bits per heavy atom. The molecule has 20 heavy (non-hydrogen) atoms. The minimum atomic E-state index is 0.430. The number of rotatable bonds is 4. The summed E-state index contributed by atoms with van der Waals surface area (Å²) in [7, 11) is 0. The van der Waals surface area contributed by atoms with Gasteiger partial charge in [-0.05, 0) is 30.4 Å². The van der Waals surface area contributed by atoms with Crippen molar-refractivity contribution in [3.63, 3.8) is 0 Å². The highest BCUT2D eigenvalue weighted by atomic mass is 15.3. The molecule has 1 aliphatic heterocycles. The Hall–Kier alpha value is -0.930. The predicted molar refractivity (Wildman–Crippen MR) is 84.6 cm³/mol. The van der Waals surface area contributed by atoms with E-state index in [0.717, 1.165) is 13.1 Å². The molecule has 3 heteroatoms. The van der Waals surface area contributed by atoms with Crippen LogP contribution in [0.3, 0.4) is 0 Å². The third-order valence-electron chi connectivity index (χ3n) is 4.66. The number of hydrogen-bond donors (Lipinski definition) is 1. The molecule has 0 aliphatic carbocycles. The van der Waals surface area contributed by atoms with Crippen LogP contribution in [0.25, 0.3) is 0 Å². The van der Waals surface area contributed by atoms with Crippen LogP contribution < -0.4 is 5.32 Å². The van der Waals surface area contributed by atoms with E-state index in [1.807, 2.05) is 18.5 Å². The van der Waals surface area contributed by atoms with Crippen molar-refractivity contribution < 1.29 is 0 Å².